The number of rotatable bonds is 4. The SMILES string of the molecule is Cc1noc(COCc2cccc(N)c2)n1. The average Bonchev–Trinajstić information content (AvgIpc) is 2.64. The van der Waals surface area contributed by atoms with E-state index >= 15 is 0 Å². The lowest BCUT2D eigenvalue weighted by Crippen LogP contribution is -1.95. The summed E-state index contributed by atoms with van der Waals surface area (Å²) < 4.78 is 10.3. The van der Waals surface area contributed by atoms with Crippen molar-refractivity contribution in [1.82, 2.24) is 10.1 Å². The van der Waals surface area contributed by atoms with Crippen LogP contribution >= 0.6 is 0 Å². The zero-order valence-electron chi connectivity index (χ0n) is 9.01. The standard InChI is InChI=1S/C11H13N3O2/c1-8-13-11(16-14-8)7-15-6-9-3-2-4-10(12)5-9/h2-5H,6-7,12H2,1H3. The van der Waals surface area contributed by atoms with Crippen molar-refractivity contribution in [3.63, 3.8) is 0 Å². The maximum absolute atomic E-state index is 5.65. The molecular weight excluding hydrogens is 206 g/mol. The molecule has 16 heavy (non-hydrogen) atoms. The molecule has 0 bridgehead atoms. The van der Waals surface area contributed by atoms with Gasteiger partial charge in [0.15, 0.2) is 5.82 Å². The van der Waals surface area contributed by atoms with Crippen molar-refractivity contribution >= 4 is 5.69 Å². The molecule has 0 aliphatic carbocycles. The largest absolute Gasteiger partial charge is 0.399 e. The summed E-state index contributed by atoms with van der Waals surface area (Å²) in [5.74, 6) is 1.10. The van der Waals surface area contributed by atoms with E-state index < -0.39 is 0 Å². The molecule has 0 saturated carbocycles. The summed E-state index contributed by atoms with van der Waals surface area (Å²) in [6, 6.07) is 7.56. The highest BCUT2D eigenvalue weighted by Crippen LogP contribution is 2.08. The van der Waals surface area contributed by atoms with E-state index in [1.807, 2.05) is 24.3 Å². The summed E-state index contributed by atoms with van der Waals surface area (Å²) >= 11 is 0. The summed E-state index contributed by atoms with van der Waals surface area (Å²) in [6.45, 7) is 2.56. The number of hydrogen-bond acceptors (Lipinski definition) is 5. The van der Waals surface area contributed by atoms with Gasteiger partial charge < -0.3 is 15.0 Å². The summed E-state index contributed by atoms with van der Waals surface area (Å²) in [5, 5.41) is 3.67. The Morgan fingerprint density at radius 2 is 2.25 bits per heavy atom. The number of benzene rings is 1. The highest BCUT2D eigenvalue weighted by Gasteiger charge is 2.02. The van der Waals surface area contributed by atoms with Crippen molar-refractivity contribution in [2.75, 3.05) is 5.73 Å². The van der Waals surface area contributed by atoms with E-state index in [2.05, 4.69) is 10.1 Å². The van der Waals surface area contributed by atoms with E-state index in [0.717, 1.165) is 11.3 Å². The third-order valence-electron chi connectivity index (χ3n) is 2.01. The van der Waals surface area contributed by atoms with Crippen molar-refractivity contribution < 1.29 is 9.26 Å². The molecule has 0 radical (unpaired) electrons. The summed E-state index contributed by atoms with van der Waals surface area (Å²) in [6.07, 6.45) is 0. The van der Waals surface area contributed by atoms with Gasteiger partial charge in [0.2, 0.25) is 0 Å². The van der Waals surface area contributed by atoms with Crippen molar-refractivity contribution in [3.05, 3.63) is 41.5 Å². The van der Waals surface area contributed by atoms with Crippen LogP contribution in [0.4, 0.5) is 5.69 Å². The normalized spacial score (nSPS) is 10.6. The van der Waals surface area contributed by atoms with Gasteiger partial charge in [-0.3, -0.25) is 0 Å². The average molecular weight is 219 g/mol. The number of aromatic nitrogens is 2. The number of anilines is 1. The Kier molecular flexibility index (Phi) is 3.16. The van der Waals surface area contributed by atoms with Crippen LogP contribution in [0, 0.1) is 6.92 Å². The van der Waals surface area contributed by atoms with Crippen LogP contribution in [0.25, 0.3) is 0 Å². The van der Waals surface area contributed by atoms with Gasteiger partial charge in [0, 0.05) is 5.69 Å². The van der Waals surface area contributed by atoms with Crippen LogP contribution in [0.1, 0.15) is 17.3 Å². The Labute approximate surface area is 93.2 Å². The molecule has 2 rings (SSSR count). The molecule has 0 unspecified atom stereocenters. The quantitative estimate of drug-likeness (QED) is 0.792. The summed E-state index contributed by atoms with van der Waals surface area (Å²) in [4.78, 5) is 4.03. The second kappa shape index (κ2) is 4.76. The molecule has 2 aromatic rings. The third-order valence-corrected chi connectivity index (χ3v) is 2.01. The number of nitrogen functional groups attached to an aromatic ring is 1. The van der Waals surface area contributed by atoms with Gasteiger partial charge in [-0.05, 0) is 24.6 Å². The third kappa shape index (κ3) is 2.80. The minimum absolute atomic E-state index is 0.315. The zero-order valence-corrected chi connectivity index (χ0v) is 9.01. The molecule has 1 heterocycles. The van der Waals surface area contributed by atoms with Crippen molar-refractivity contribution in [2.24, 2.45) is 0 Å². The van der Waals surface area contributed by atoms with E-state index in [1.165, 1.54) is 0 Å². The van der Waals surface area contributed by atoms with E-state index in [4.69, 9.17) is 15.0 Å². The molecule has 0 amide bonds. The fourth-order valence-corrected chi connectivity index (χ4v) is 1.34. The minimum atomic E-state index is 0.315. The Balaban J connectivity index is 1.84. The topological polar surface area (TPSA) is 74.2 Å². The lowest BCUT2D eigenvalue weighted by Gasteiger charge is -2.02. The monoisotopic (exact) mass is 219 g/mol. The van der Waals surface area contributed by atoms with Gasteiger partial charge >= 0.3 is 0 Å². The fourth-order valence-electron chi connectivity index (χ4n) is 1.34. The van der Waals surface area contributed by atoms with Gasteiger partial charge in [0.25, 0.3) is 5.89 Å². The van der Waals surface area contributed by atoms with Crippen LogP contribution < -0.4 is 5.73 Å². The second-order valence-electron chi connectivity index (χ2n) is 3.47. The predicted octanol–water partition coefficient (Wildman–Crippen LogP) is 1.68. The maximum atomic E-state index is 5.65. The molecule has 0 spiro atoms. The number of nitrogens with zero attached hydrogens (tertiary/aromatic N) is 2. The molecule has 5 nitrogen and oxygen atoms in total. The van der Waals surface area contributed by atoms with Gasteiger partial charge in [-0.25, -0.2) is 0 Å². The first-order valence-corrected chi connectivity index (χ1v) is 4.95. The molecule has 0 aliphatic rings. The van der Waals surface area contributed by atoms with Crippen molar-refractivity contribution in [1.29, 1.82) is 0 Å². The van der Waals surface area contributed by atoms with E-state index in [0.29, 0.717) is 24.9 Å². The Morgan fingerprint density at radius 3 is 2.94 bits per heavy atom. The lowest BCUT2D eigenvalue weighted by atomic mass is 10.2. The molecule has 1 aromatic carbocycles. The smallest absolute Gasteiger partial charge is 0.252 e. The summed E-state index contributed by atoms with van der Waals surface area (Å²) in [7, 11) is 0. The first-order chi connectivity index (χ1) is 7.74. The van der Waals surface area contributed by atoms with Crippen molar-refractivity contribution in [3.8, 4) is 0 Å². The predicted molar refractivity (Wildman–Crippen MR) is 58.4 cm³/mol. The molecule has 0 saturated heterocycles. The number of ether oxygens (including phenoxy) is 1. The first-order valence-electron chi connectivity index (χ1n) is 4.95. The molecular formula is C11H13N3O2. The van der Waals surface area contributed by atoms with Gasteiger partial charge in [-0.2, -0.15) is 4.98 Å². The van der Waals surface area contributed by atoms with Crippen LogP contribution in [0.2, 0.25) is 0 Å². The Morgan fingerprint density at radius 1 is 1.38 bits per heavy atom. The van der Waals surface area contributed by atoms with Gasteiger partial charge in [-0.1, -0.05) is 17.3 Å². The molecule has 5 heteroatoms. The minimum Gasteiger partial charge on any atom is -0.399 e. The Hall–Kier alpha value is -1.88. The molecule has 0 fully saturated rings. The van der Waals surface area contributed by atoms with Crippen LogP contribution in [0.5, 0.6) is 0 Å². The first kappa shape index (κ1) is 10.6. The highest BCUT2D eigenvalue weighted by molar-refractivity contribution is 5.40. The molecule has 84 valence electrons. The van der Waals surface area contributed by atoms with Gasteiger partial charge in [0.05, 0.1) is 6.61 Å². The Bertz CT molecular complexity index is 468. The number of aryl methyl sites for hydroxylation is 1. The number of hydrogen-bond donors (Lipinski definition) is 1. The molecule has 0 aliphatic heterocycles. The van der Waals surface area contributed by atoms with E-state index in [9.17, 15) is 0 Å². The van der Waals surface area contributed by atoms with Crippen molar-refractivity contribution in [2.45, 2.75) is 20.1 Å². The van der Waals surface area contributed by atoms with Crippen LogP contribution in [-0.4, -0.2) is 10.1 Å². The van der Waals surface area contributed by atoms with Gasteiger partial charge in [0.1, 0.15) is 6.61 Å². The van der Waals surface area contributed by atoms with Gasteiger partial charge in [-0.15, -0.1) is 0 Å². The van der Waals surface area contributed by atoms with E-state index in [1.54, 1.807) is 6.92 Å². The molecule has 2 N–H and O–H groups in total. The molecule has 0 atom stereocenters. The fraction of sp³-hybridized carbons (Fsp3) is 0.273. The van der Waals surface area contributed by atoms with Crippen LogP contribution in [0.15, 0.2) is 28.8 Å². The second-order valence-corrected chi connectivity index (χ2v) is 3.47. The lowest BCUT2D eigenvalue weighted by molar-refractivity contribution is 0.0851. The molecule has 1 aromatic heterocycles. The van der Waals surface area contributed by atoms with Crippen LogP contribution in [0.3, 0.4) is 0 Å². The van der Waals surface area contributed by atoms with E-state index in [-0.39, 0.29) is 0 Å². The maximum Gasteiger partial charge on any atom is 0.252 e. The summed E-state index contributed by atoms with van der Waals surface area (Å²) in [5.41, 5.74) is 7.40. The number of nitrogens with two attached hydrogens (primary N) is 1. The zero-order chi connectivity index (χ0) is 11.4. The van der Waals surface area contributed by atoms with Crippen LogP contribution in [-0.2, 0) is 18.0 Å². The highest BCUT2D eigenvalue weighted by atomic mass is 16.5.